The van der Waals surface area contributed by atoms with E-state index in [1.807, 2.05) is 50.2 Å². The van der Waals surface area contributed by atoms with Gasteiger partial charge in [-0.15, -0.1) is 0 Å². The molecule has 0 atom stereocenters. The van der Waals surface area contributed by atoms with Gasteiger partial charge in [0.2, 0.25) is 5.76 Å². The van der Waals surface area contributed by atoms with E-state index in [-0.39, 0.29) is 5.76 Å². The van der Waals surface area contributed by atoms with Crippen LogP contribution < -0.4 is 10.5 Å². The van der Waals surface area contributed by atoms with Gasteiger partial charge in [0.1, 0.15) is 0 Å². The topological polar surface area (TPSA) is 65.5 Å². The largest absolute Gasteiger partial charge is 0.493 e. The number of benzene rings is 2. The number of methoxy groups -OCH3 is 1. The van der Waals surface area contributed by atoms with Crippen LogP contribution in [0.1, 0.15) is 21.7 Å². The summed E-state index contributed by atoms with van der Waals surface area (Å²) in [6.45, 7) is 3.98. The van der Waals surface area contributed by atoms with Gasteiger partial charge in [0.05, 0.1) is 7.11 Å². The minimum absolute atomic E-state index is 0.155. The zero-order valence-corrected chi connectivity index (χ0v) is 12.8. The smallest absolute Gasteiger partial charge is 0.285 e. The Morgan fingerprint density at radius 2 is 1.77 bits per heavy atom. The van der Waals surface area contributed by atoms with Crippen LogP contribution in [0, 0.1) is 13.8 Å². The zero-order valence-electron chi connectivity index (χ0n) is 12.8. The summed E-state index contributed by atoms with van der Waals surface area (Å²) in [5.74, 6) is 0.157. The van der Waals surface area contributed by atoms with Crippen molar-refractivity contribution in [3.8, 4) is 16.9 Å². The summed E-state index contributed by atoms with van der Waals surface area (Å²) in [5, 5.41) is 0.828. The molecular weight excluding hydrogens is 278 g/mol. The fraction of sp³-hybridized carbons (Fsp3) is 0.167. The highest BCUT2D eigenvalue weighted by molar-refractivity contribution is 6.08. The van der Waals surface area contributed by atoms with Crippen molar-refractivity contribution < 1.29 is 13.9 Å². The summed E-state index contributed by atoms with van der Waals surface area (Å²) in [5.41, 5.74) is 9.81. The molecule has 0 aliphatic rings. The minimum atomic E-state index is -0.591. The summed E-state index contributed by atoms with van der Waals surface area (Å²) in [6.07, 6.45) is 0. The highest BCUT2D eigenvalue weighted by Gasteiger charge is 2.22. The Morgan fingerprint density at radius 1 is 1.09 bits per heavy atom. The summed E-state index contributed by atoms with van der Waals surface area (Å²) in [6, 6.07) is 11.7. The van der Waals surface area contributed by atoms with Crippen molar-refractivity contribution >= 4 is 16.9 Å². The lowest BCUT2D eigenvalue weighted by Gasteiger charge is -2.04. The van der Waals surface area contributed by atoms with E-state index in [1.54, 1.807) is 7.11 Å². The third-order valence-electron chi connectivity index (χ3n) is 3.68. The standard InChI is InChI=1S/C18H17NO3/c1-10-4-6-12(7-5-10)15-13-8-11(2)9-14(21-3)16(13)22-17(15)18(19)20/h4-9H,1-3H3,(H2,19,20). The predicted octanol–water partition coefficient (Wildman–Crippen LogP) is 3.82. The minimum Gasteiger partial charge on any atom is -0.493 e. The van der Waals surface area contributed by atoms with Gasteiger partial charge < -0.3 is 14.9 Å². The molecule has 4 nitrogen and oxygen atoms in total. The molecule has 3 aromatic rings. The number of carbonyl (C=O) groups is 1. The van der Waals surface area contributed by atoms with Gasteiger partial charge in [-0.05, 0) is 37.1 Å². The Balaban J connectivity index is 2.40. The van der Waals surface area contributed by atoms with E-state index in [0.29, 0.717) is 16.9 Å². The van der Waals surface area contributed by atoms with Crippen LogP contribution in [-0.2, 0) is 0 Å². The van der Waals surface area contributed by atoms with Gasteiger partial charge >= 0.3 is 0 Å². The van der Waals surface area contributed by atoms with E-state index in [9.17, 15) is 4.79 Å². The summed E-state index contributed by atoms with van der Waals surface area (Å²) in [4.78, 5) is 11.8. The molecule has 0 saturated heterocycles. The molecule has 1 heterocycles. The molecule has 22 heavy (non-hydrogen) atoms. The van der Waals surface area contributed by atoms with E-state index < -0.39 is 5.91 Å². The Hall–Kier alpha value is -2.75. The van der Waals surface area contributed by atoms with Crippen molar-refractivity contribution in [3.05, 3.63) is 53.3 Å². The average Bonchev–Trinajstić information content (AvgIpc) is 2.86. The molecule has 2 N–H and O–H groups in total. The van der Waals surface area contributed by atoms with Crippen molar-refractivity contribution in [2.24, 2.45) is 5.73 Å². The second-order valence-corrected chi connectivity index (χ2v) is 5.38. The third-order valence-corrected chi connectivity index (χ3v) is 3.68. The Bertz CT molecular complexity index is 860. The van der Waals surface area contributed by atoms with Crippen LogP contribution in [0.2, 0.25) is 0 Å². The van der Waals surface area contributed by atoms with Gasteiger partial charge in [-0.2, -0.15) is 0 Å². The Kier molecular flexibility index (Phi) is 3.37. The molecule has 4 heteroatoms. The van der Waals surface area contributed by atoms with Gasteiger partial charge in [0.15, 0.2) is 11.3 Å². The second kappa shape index (κ2) is 5.22. The zero-order chi connectivity index (χ0) is 15.9. The number of hydrogen-bond donors (Lipinski definition) is 1. The number of primary amides is 1. The number of nitrogens with two attached hydrogens (primary N) is 1. The van der Waals surface area contributed by atoms with Crippen molar-refractivity contribution in [1.82, 2.24) is 0 Å². The molecule has 112 valence electrons. The number of aryl methyl sites for hydroxylation is 2. The van der Waals surface area contributed by atoms with Crippen LogP contribution in [0.3, 0.4) is 0 Å². The molecule has 0 aliphatic carbocycles. The van der Waals surface area contributed by atoms with Crippen LogP contribution in [0.25, 0.3) is 22.1 Å². The molecule has 1 aromatic heterocycles. The van der Waals surface area contributed by atoms with Crippen LogP contribution in [0.15, 0.2) is 40.8 Å². The third kappa shape index (κ3) is 2.22. The molecule has 0 aliphatic heterocycles. The second-order valence-electron chi connectivity index (χ2n) is 5.38. The highest BCUT2D eigenvalue weighted by Crippen LogP contribution is 2.39. The number of amides is 1. The van der Waals surface area contributed by atoms with Crippen molar-refractivity contribution in [2.75, 3.05) is 7.11 Å². The molecule has 0 fully saturated rings. The fourth-order valence-electron chi connectivity index (χ4n) is 2.64. The number of furan rings is 1. The number of ether oxygens (including phenoxy) is 1. The molecule has 0 unspecified atom stereocenters. The Morgan fingerprint density at radius 3 is 2.36 bits per heavy atom. The van der Waals surface area contributed by atoms with Gasteiger partial charge in [-0.3, -0.25) is 4.79 Å². The van der Waals surface area contributed by atoms with Crippen molar-refractivity contribution in [2.45, 2.75) is 13.8 Å². The first-order valence-electron chi connectivity index (χ1n) is 6.99. The van der Waals surface area contributed by atoms with E-state index in [4.69, 9.17) is 14.9 Å². The van der Waals surface area contributed by atoms with Crippen LogP contribution >= 0.6 is 0 Å². The average molecular weight is 295 g/mol. The molecule has 0 radical (unpaired) electrons. The van der Waals surface area contributed by atoms with Crippen molar-refractivity contribution in [1.29, 1.82) is 0 Å². The molecule has 0 spiro atoms. The Labute approximate surface area is 128 Å². The lowest BCUT2D eigenvalue weighted by atomic mass is 9.99. The number of hydrogen-bond acceptors (Lipinski definition) is 3. The SMILES string of the molecule is COc1cc(C)cc2c(-c3ccc(C)cc3)c(C(N)=O)oc12. The first-order valence-corrected chi connectivity index (χ1v) is 6.99. The summed E-state index contributed by atoms with van der Waals surface area (Å²) < 4.78 is 11.1. The molecule has 1 amide bonds. The van der Waals surface area contributed by atoms with Crippen LogP contribution in [-0.4, -0.2) is 13.0 Å². The first kappa shape index (κ1) is 14.2. The molecule has 0 saturated carbocycles. The maximum absolute atomic E-state index is 11.8. The van der Waals surface area contributed by atoms with E-state index >= 15 is 0 Å². The van der Waals surface area contributed by atoms with Gasteiger partial charge in [0.25, 0.3) is 5.91 Å². The maximum atomic E-state index is 11.8. The normalized spacial score (nSPS) is 10.9. The van der Waals surface area contributed by atoms with Gasteiger partial charge in [-0.25, -0.2) is 0 Å². The molecular formula is C18H17NO3. The highest BCUT2D eigenvalue weighted by atomic mass is 16.5. The number of carbonyl (C=O) groups excluding carboxylic acids is 1. The quantitative estimate of drug-likeness (QED) is 0.798. The fourth-order valence-corrected chi connectivity index (χ4v) is 2.64. The van der Waals surface area contributed by atoms with E-state index in [1.165, 1.54) is 0 Å². The van der Waals surface area contributed by atoms with Gasteiger partial charge in [0, 0.05) is 10.9 Å². The summed E-state index contributed by atoms with van der Waals surface area (Å²) >= 11 is 0. The monoisotopic (exact) mass is 295 g/mol. The van der Waals surface area contributed by atoms with E-state index in [0.717, 1.165) is 22.1 Å². The maximum Gasteiger partial charge on any atom is 0.285 e. The lowest BCUT2D eigenvalue weighted by Crippen LogP contribution is -2.10. The molecule has 3 rings (SSSR count). The van der Waals surface area contributed by atoms with E-state index in [2.05, 4.69) is 0 Å². The molecule has 0 bridgehead atoms. The summed E-state index contributed by atoms with van der Waals surface area (Å²) in [7, 11) is 1.58. The molecule has 2 aromatic carbocycles. The van der Waals surface area contributed by atoms with Gasteiger partial charge in [-0.1, -0.05) is 29.8 Å². The number of fused-ring (bicyclic) bond motifs is 1. The van der Waals surface area contributed by atoms with Crippen molar-refractivity contribution in [3.63, 3.8) is 0 Å². The number of rotatable bonds is 3. The first-order chi connectivity index (χ1) is 10.5. The predicted molar refractivity (Wildman–Crippen MR) is 86.2 cm³/mol. The van der Waals surface area contributed by atoms with Crippen LogP contribution in [0.5, 0.6) is 5.75 Å². The van der Waals surface area contributed by atoms with Crippen LogP contribution in [0.4, 0.5) is 0 Å². The lowest BCUT2D eigenvalue weighted by molar-refractivity contribution is 0.0976.